The van der Waals surface area contributed by atoms with Gasteiger partial charge in [0.25, 0.3) is 5.56 Å². The summed E-state index contributed by atoms with van der Waals surface area (Å²) in [5.74, 6) is 0.372. The molecule has 5 nitrogen and oxygen atoms in total. The predicted molar refractivity (Wildman–Crippen MR) is 110 cm³/mol. The Hall–Kier alpha value is -2.47. The van der Waals surface area contributed by atoms with Crippen molar-refractivity contribution < 1.29 is 4.79 Å². The van der Waals surface area contributed by atoms with Gasteiger partial charge in [0.2, 0.25) is 5.91 Å². The molecule has 138 valence electrons. The molecular formula is C21H20BrN3O2. The van der Waals surface area contributed by atoms with Gasteiger partial charge in [-0.05, 0) is 42.3 Å². The van der Waals surface area contributed by atoms with Crippen LogP contribution in [-0.4, -0.2) is 22.0 Å². The Balaban J connectivity index is 1.80. The quantitative estimate of drug-likeness (QED) is 0.638. The number of carbonyl (C=O) groups is 1. The number of benzene rings is 2. The number of nitrogens with zero attached hydrogens (tertiary/aromatic N) is 3. The van der Waals surface area contributed by atoms with Crippen LogP contribution in [0.5, 0.6) is 0 Å². The number of carbonyl (C=O) groups excluding carboxylic acids is 1. The molecule has 0 fully saturated rings. The molecule has 1 aromatic heterocycles. The Morgan fingerprint density at radius 3 is 2.70 bits per heavy atom. The van der Waals surface area contributed by atoms with Crippen LogP contribution in [0.15, 0.2) is 51.7 Å². The Labute approximate surface area is 165 Å². The maximum Gasteiger partial charge on any atom is 0.261 e. The SMILES string of the molecule is CCCN1C(=O)[C@H](Cc2nc3ccccc3c(=O)n2C)c2cc(Br)ccc21. The van der Waals surface area contributed by atoms with E-state index >= 15 is 0 Å². The molecule has 2 aromatic carbocycles. The molecule has 1 aliphatic rings. The number of amides is 1. The van der Waals surface area contributed by atoms with Crippen molar-refractivity contribution in [2.75, 3.05) is 11.4 Å². The first-order valence-corrected chi connectivity index (χ1v) is 9.86. The molecule has 6 heteroatoms. The number of para-hydroxylation sites is 1. The van der Waals surface area contributed by atoms with Gasteiger partial charge in [0.15, 0.2) is 0 Å². The number of fused-ring (bicyclic) bond motifs is 2. The lowest BCUT2D eigenvalue weighted by atomic mass is 9.96. The van der Waals surface area contributed by atoms with Crippen LogP contribution in [0.3, 0.4) is 0 Å². The summed E-state index contributed by atoms with van der Waals surface area (Å²) in [6, 6.07) is 13.3. The number of aromatic nitrogens is 2. The van der Waals surface area contributed by atoms with Gasteiger partial charge in [-0.1, -0.05) is 35.0 Å². The first kappa shape index (κ1) is 17.9. The Morgan fingerprint density at radius 2 is 1.93 bits per heavy atom. The van der Waals surface area contributed by atoms with Crippen LogP contribution in [0.4, 0.5) is 5.69 Å². The molecule has 0 N–H and O–H groups in total. The van der Waals surface area contributed by atoms with Gasteiger partial charge in [0.05, 0.1) is 16.8 Å². The molecule has 0 bridgehead atoms. The zero-order valence-corrected chi connectivity index (χ0v) is 16.9. The van der Waals surface area contributed by atoms with Crippen molar-refractivity contribution in [2.45, 2.75) is 25.7 Å². The van der Waals surface area contributed by atoms with E-state index in [4.69, 9.17) is 0 Å². The fraction of sp³-hybridized carbons (Fsp3) is 0.286. The average Bonchev–Trinajstić information content (AvgIpc) is 2.91. The summed E-state index contributed by atoms with van der Waals surface area (Å²) in [6.07, 6.45) is 1.29. The first-order chi connectivity index (χ1) is 13.0. The molecule has 4 rings (SSSR count). The highest BCUT2D eigenvalue weighted by atomic mass is 79.9. The lowest BCUT2D eigenvalue weighted by Gasteiger charge is -2.17. The molecule has 0 unspecified atom stereocenters. The van der Waals surface area contributed by atoms with E-state index in [1.807, 2.05) is 41.3 Å². The molecule has 1 aliphatic heterocycles. The van der Waals surface area contributed by atoms with Gasteiger partial charge in [-0.15, -0.1) is 0 Å². The van der Waals surface area contributed by atoms with Crippen molar-refractivity contribution in [3.8, 4) is 0 Å². The zero-order valence-electron chi connectivity index (χ0n) is 15.3. The van der Waals surface area contributed by atoms with E-state index in [0.29, 0.717) is 29.7 Å². The molecule has 0 saturated heterocycles. The molecule has 0 saturated carbocycles. The molecule has 1 amide bonds. The van der Waals surface area contributed by atoms with Crippen molar-refractivity contribution in [2.24, 2.45) is 7.05 Å². The number of halogens is 1. The summed E-state index contributed by atoms with van der Waals surface area (Å²) in [7, 11) is 1.72. The fourth-order valence-electron chi connectivity index (χ4n) is 3.77. The summed E-state index contributed by atoms with van der Waals surface area (Å²) in [5, 5.41) is 0.595. The Bertz CT molecular complexity index is 1110. The number of anilines is 1. The van der Waals surface area contributed by atoms with E-state index in [-0.39, 0.29) is 17.4 Å². The average molecular weight is 426 g/mol. The molecule has 3 aromatic rings. The number of rotatable bonds is 4. The molecule has 0 radical (unpaired) electrons. The molecule has 27 heavy (non-hydrogen) atoms. The van der Waals surface area contributed by atoms with Crippen LogP contribution in [0.1, 0.15) is 30.7 Å². The van der Waals surface area contributed by atoms with Crippen molar-refractivity contribution in [1.29, 1.82) is 0 Å². The Kier molecular flexibility index (Phi) is 4.60. The summed E-state index contributed by atoms with van der Waals surface area (Å²) < 4.78 is 2.51. The smallest absolute Gasteiger partial charge is 0.261 e. The minimum atomic E-state index is -0.330. The van der Waals surface area contributed by atoms with Crippen LogP contribution in [-0.2, 0) is 18.3 Å². The van der Waals surface area contributed by atoms with Crippen LogP contribution in [0, 0.1) is 0 Å². The van der Waals surface area contributed by atoms with E-state index in [0.717, 1.165) is 22.1 Å². The van der Waals surface area contributed by atoms with Crippen LogP contribution in [0.25, 0.3) is 10.9 Å². The molecule has 1 atom stereocenters. The summed E-state index contributed by atoms with van der Waals surface area (Å²) in [4.78, 5) is 32.3. The third kappa shape index (κ3) is 2.98. The second-order valence-electron chi connectivity index (χ2n) is 6.86. The van der Waals surface area contributed by atoms with Crippen molar-refractivity contribution in [3.05, 3.63) is 68.7 Å². The highest BCUT2D eigenvalue weighted by Gasteiger charge is 2.37. The van der Waals surface area contributed by atoms with E-state index in [2.05, 4.69) is 27.8 Å². The lowest BCUT2D eigenvalue weighted by molar-refractivity contribution is -0.119. The van der Waals surface area contributed by atoms with Gasteiger partial charge in [-0.2, -0.15) is 0 Å². The predicted octanol–water partition coefficient (Wildman–Crippen LogP) is 3.78. The van der Waals surface area contributed by atoms with E-state index in [9.17, 15) is 9.59 Å². The normalized spacial score (nSPS) is 16.2. The van der Waals surface area contributed by atoms with Crippen molar-refractivity contribution >= 4 is 38.4 Å². The van der Waals surface area contributed by atoms with E-state index in [1.54, 1.807) is 17.7 Å². The largest absolute Gasteiger partial charge is 0.312 e. The maximum atomic E-state index is 13.1. The van der Waals surface area contributed by atoms with Gasteiger partial charge >= 0.3 is 0 Å². The minimum absolute atomic E-state index is 0.0763. The van der Waals surface area contributed by atoms with Gasteiger partial charge in [0.1, 0.15) is 5.82 Å². The maximum absolute atomic E-state index is 13.1. The third-order valence-corrected chi connectivity index (χ3v) is 5.62. The van der Waals surface area contributed by atoms with E-state index in [1.165, 1.54) is 0 Å². The van der Waals surface area contributed by atoms with Gasteiger partial charge in [0, 0.05) is 30.2 Å². The molecule has 0 spiro atoms. The Morgan fingerprint density at radius 1 is 1.15 bits per heavy atom. The minimum Gasteiger partial charge on any atom is -0.312 e. The van der Waals surface area contributed by atoms with Crippen molar-refractivity contribution in [3.63, 3.8) is 0 Å². The van der Waals surface area contributed by atoms with E-state index < -0.39 is 0 Å². The molecular weight excluding hydrogens is 406 g/mol. The second kappa shape index (κ2) is 6.93. The highest BCUT2D eigenvalue weighted by molar-refractivity contribution is 9.10. The van der Waals surface area contributed by atoms with Crippen molar-refractivity contribution in [1.82, 2.24) is 9.55 Å². The summed E-state index contributed by atoms with van der Waals surface area (Å²) in [5.41, 5.74) is 2.54. The lowest BCUT2D eigenvalue weighted by Crippen LogP contribution is -2.31. The first-order valence-electron chi connectivity index (χ1n) is 9.06. The summed E-state index contributed by atoms with van der Waals surface area (Å²) >= 11 is 3.51. The van der Waals surface area contributed by atoms with Gasteiger partial charge in [-0.3, -0.25) is 14.2 Å². The van der Waals surface area contributed by atoms with Crippen LogP contribution in [0.2, 0.25) is 0 Å². The zero-order chi connectivity index (χ0) is 19.1. The summed E-state index contributed by atoms with van der Waals surface area (Å²) in [6.45, 7) is 2.75. The standard InChI is InChI=1S/C21H20BrN3O2/c1-3-10-25-18-9-8-13(22)11-15(18)16(21(25)27)12-19-23-17-7-5-4-6-14(17)20(26)24(19)2/h4-9,11,16H,3,10,12H2,1-2H3/t16-/m1/s1. The molecule has 0 aliphatic carbocycles. The number of hydrogen-bond acceptors (Lipinski definition) is 3. The molecule has 2 heterocycles. The highest BCUT2D eigenvalue weighted by Crippen LogP contribution is 2.40. The fourth-order valence-corrected chi connectivity index (χ4v) is 4.15. The second-order valence-corrected chi connectivity index (χ2v) is 7.77. The topological polar surface area (TPSA) is 55.2 Å². The van der Waals surface area contributed by atoms with Crippen LogP contribution >= 0.6 is 15.9 Å². The number of hydrogen-bond donors (Lipinski definition) is 0. The van der Waals surface area contributed by atoms with Gasteiger partial charge < -0.3 is 4.90 Å². The monoisotopic (exact) mass is 425 g/mol. The third-order valence-electron chi connectivity index (χ3n) is 5.13. The van der Waals surface area contributed by atoms with Gasteiger partial charge in [-0.25, -0.2) is 4.98 Å². The van der Waals surface area contributed by atoms with Crippen LogP contribution < -0.4 is 10.5 Å².